The Labute approximate surface area is 196 Å². The molecule has 32 heavy (non-hydrogen) atoms. The van der Waals surface area contributed by atoms with Crippen LogP contribution >= 0.6 is 0 Å². The molecule has 2 N–H and O–H groups in total. The summed E-state index contributed by atoms with van der Waals surface area (Å²) in [5, 5.41) is 19.7. The lowest BCUT2D eigenvalue weighted by Crippen LogP contribution is -2.43. The van der Waals surface area contributed by atoms with E-state index in [2.05, 4.69) is 37.9 Å². The fourth-order valence-electron chi connectivity index (χ4n) is 3.90. The lowest BCUT2D eigenvalue weighted by Gasteiger charge is -2.21. The van der Waals surface area contributed by atoms with Crippen molar-refractivity contribution in [1.82, 2.24) is 0 Å². The van der Waals surface area contributed by atoms with Crippen molar-refractivity contribution < 1.29 is 14.6 Å². The average molecular weight is 462 g/mol. The van der Waals surface area contributed by atoms with E-state index in [-0.39, 0.29) is 10.3 Å². The molecule has 2 aromatic rings. The van der Waals surface area contributed by atoms with Gasteiger partial charge in [-0.2, -0.15) is 4.43 Å². The van der Waals surface area contributed by atoms with E-state index in [1.54, 1.807) is 12.1 Å². The topological polar surface area (TPSA) is 49.7 Å². The van der Waals surface area contributed by atoms with Gasteiger partial charge in [-0.15, -0.1) is 0 Å². The van der Waals surface area contributed by atoms with Gasteiger partial charge >= 0.3 is 18.6 Å². The molecule has 5 heteroatoms. The van der Waals surface area contributed by atoms with E-state index in [1.807, 2.05) is 42.5 Å². The third kappa shape index (κ3) is 6.86. The first-order valence-electron chi connectivity index (χ1n) is 11.3. The highest BCUT2D eigenvalue weighted by Gasteiger charge is 2.55. The molecule has 165 valence electrons. The van der Waals surface area contributed by atoms with Crippen molar-refractivity contribution in [3.05, 3.63) is 82.9 Å². The molecule has 1 atom stereocenters. The molecule has 0 saturated heterocycles. The van der Waals surface area contributed by atoms with Gasteiger partial charge in [-0.3, -0.25) is 0 Å². The van der Waals surface area contributed by atoms with Gasteiger partial charge in [-0.1, -0.05) is 42.1 Å². The zero-order chi connectivity index (χ0) is 23.0. The fourth-order valence-corrected chi connectivity index (χ4v) is 7.42. The summed E-state index contributed by atoms with van der Waals surface area (Å²) in [4.78, 5) is 0. The Hall–Kier alpha value is -2.27. The van der Waals surface area contributed by atoms with Crippen molar-refractivity contribution in [2.45, 2.75) is 69.2 Å². The summed E-state index contributed by atoms with van der Waals surface area (Å²) in [5.74, 6) is 0.769. The first-order chi connectivity index (χ1) is 15.3. The maximum Gasteiger partial charge on any atom is 0.527 e. The Kier molecular flexibility index (Phi) is 8.41. The van der Waals surface area contributed by atoms with Gasteiger partial charge in [0.1, 0.15) is 22.2 Å². The van der Waals surface area contributed by atoms with Gasteiger partial charge in [0, 0.05) is 13.0 Å². The number of para-hydroxylation sites is 2. The normalized spacial score (nSPS) is 18.0. The standard InChI is InChI=1S/C27H32O3Si2/c1-26(2,18-10-14-22-12-4-6-16-24(22)28)32-21-9-8-19-27(3,30-32)31-20-11-15-23-13-5-7-17-25(23)29/h4-7,12-13,16-17,19,21H,10-11,14-15,18,20H2,1-3H3,(H-,28,29)/q+1/p+1. The molecule has 0 bridgehead atoms. The van der Waals surface area contributed by atoms with Gasteiger partial charge < -0.3 is 10.2 Å². The zero-order valence-electron chi connectivity index (χ0n) is 19.3. The summed E-state index contributed by atoms with van der Waals surface area (Å²) in [6.07, 6.45) is 6.84. The number of hydrogen-bond acceptors (Lipinski definition) is 3. The molecule has 2 aromatic carbocycles. The molecule has 0 aliphatic carbocycles. The van der Waals surface area contributed by atoms with E-state index in [1.165, 1.54) is 0 Å². The molecule has 1 heterocycles. The highest BCUT2D eigenvalue weighted by Crippen LogP contribution is 2.38. The Morgan fingerprint density at radius 1 is 0.938 bits per heavy atom. The van der Waals surface area contributed by atoms with Crippen molar-refractivity contribution in [3.8, 4) is 11.5 Å². The molecule has 0 spiro atoms. The molecule has 0 amide bonds. The number of aromatic hydroxyl groups is 2. The molecule has 1 unspecified atom stereocenters. The van der Waals surface area contributed by atoms with Crippen LogP contribution in [0.2, 0.25) is 11.1 Å². The summed E-state index contributed by atoms with van der Waals surface area (Å²) < 4.78 is 6.75. The summed E-state index contributed by atoms with van der Waals surface area (Å²) >= 11 is 0. The molecule has 3 rings (SSSR count). The quantitative estimate of drug-likeness (QED) is 0.255. The molecular weight excluding hydrogens is 428 g/mol. The van der Waals surface area contributed by atoms with Crippen LogP contribution in [-0.2, 0) is 17.3 Å². The molecule has 3 nitrogen and oxygen atoms in total. The molecular formula is C27H33O3Si2+2. The van der Waals surface area contributed by atoms with Crippen molar-refractivity contribution in [1.29, 1.82) is 0 Å². The first-order valence-corrected chi connectivity index (χ1v) is 14.0. The van der Waals surface area contributed by atoms with E-state index in [4.69, 9.17) is 4.43 Å². The van der Waals surface area contributed by atoms with Gasteiger partial charge in [-0.25, -0.2) is 0 Å². The number of hydrogen-bond donors (Lipinski definition) is 2. The van der Waals surface area contributed by atoms with Crippen LogP contribution in [0.25, 0.3) is 0 Å². The number of phenols is 2. The number of phenolic OH excluding ortho intramolecular Hbond substituents is 2. The van der Waals surface area contributed by atoms with Crippen molar-refractivity contribution >= 4 is 18.6 Å². The van der Waals surface area contributed by atoms with Crippen LogP contribution in [0.5, 0.6) is 11.5 Å². The third-order valence-electron chi connectivity index (χ3n) is 5.95. The minimum absolute atomic E-state index is 0.0451. The smallest absolute Gasteiger partial charge is 0.508 e. The molecule has 0 aromatic heterocycles. The Morgan fingerprint density at radius 3 is 2.16 bits per heavy atom. The minimum Gasteiger partial charge on any atom is -0.508 e. The summed E-state index contributed by atoms with van der Waals surface area (Å²) in [5.41, 5.74) is 10.6. The summed E-state index contributed by atoms with van der Waals surface area (Å²) in [6.45, 7) is 6.75. The second kappa shape index (κ2) is 11.0. The Morgan fingerprint density at radius 2 is 1.53 bits per heavy atom. The van der Waals surface area contributed by atoms with Crippen LogP contribution in [0, 0.1) is 0 Å². The van der Waals surface area contributed by atoms with Gasteiger partial charge in [-0.05, 0) is 74.9 Å². The van der Waals surface area contributed by atoms with Crippen molar-refractivity contribution in [2.75, 3.05) is 0 Å². The molecule has 0 fully saturated rings. The Bertz CT molecular complexity index is 1000. The second-order valence-electron chi connectivity index (χ2n) is 9.18. The predicted molar refractivity (Wildman–Crippen MR) is 133 cm³/mol. The Balaban J connectivity index is 1.53. The highest BCUT2D eigenvalue weighted by atomic mass is 28.3. The maximum atomic E-state index is 10.0. The van der Waals surface area contributed by atoms with Crippen LogP contribution in [-0.4, -0.2) is 34.0 Å². The third-order valence-corrected chi connectivity index (χ3v) is 10.3. The SMILES string of the molecule is CC1([Si+]CCCc2ccccc2O)C=C=C=C[Si+](C(C)(C)CCCc2ccccc2O)O1. The van der Waals surface area contributed by atoms with Crippen LogP contribution in [0.15, 0.2) is 71.8 Å². The van der Waals surface area contributed by atoms with E-state index in [9.17, 15) is 10.2 Å². The van der Waals surface area contributed by atoms with E-state index in [0.717, 1.165) is 49.3 Å². The number of rotatable bonds is 10. The monoisotopic (exact) mass is 461 g/mol. The lowest BCUT2D eigenvalue weighted by atomic mass is 10.0. The van der Waals surface area contributed by atoms with Gasteiger partial charge in [0.05, 0.1) is 6.04 Å². The maximum absolute atomic E-state index is 10.0. The second-order valence-corrected chi connectivity index (χ2v) is 13.6. The zero-order valence-corrected chi connectivity index (χ0v) is 21.3. The van der Waals surface area contributed by atoms with Crippen LogP contribution in [0.1, 0.15) is 51.2 Å². The van der Waals surface area contributed by atoms with Gasteiger partial charge in [0.2, 0.25) is 0 Å². The molecule has 1 aliphatic rings. The van der Waals surface area contributed by atoms with Crippen LogP contribution in [0.3, 0.4) is 0 Å². The average Bonchev–Trinajstić information content (AvgIpc) is 2.96. The summed E-state index contributed by atoms with van der Waals surface area (Å²) in [6, 6.07) is 16.2. The summed E-state index contributed by atoms with van der Waals surface area (Å²) in [7, 11) is -0.618. The minimum atomic E-state index is -1.25. The van der Waals surface area contributed by atoms with Gasteiger partial charge in [0.15, 0.2) is 0 Å². The van der Waals surface area contributed by atoms with Crippen molar-refractivity contribution in [3.63, 3.8) is 0 Å². The molecule has 1 radical (unpaired) electrons. The fraction of sp³-hybridized carbons (Fsp3) is 0.407. The highest BCUT2D eigenvalue weighted by molar-refractivity contribution is 6.62. The predicted octanol–water partition coefficient (Wildman–Crippen LogP) is 6.10. The van der Waals surface area contributed by atoms with Crippen LogP contribution in [0.4, 0.5) is 0 Å². The van der Waals surface area contributed by atoms with E-state index >= 15 is 0 Å². The molecule has 1 aliphatic heterocycles. The van der Waals surface area contributed by atoms with E-state index in [0.29, 0.717) is 21.0 Å². The largest absolute Gasteiger partial charge is 0.527 e. The molecule has 0 saturated carbocycles. The van der Waals surface area contributed by atoms with Gasteiger partial charge in [0.25, 0.3) is 5.22 Å². The number of aryl methyl sites for hydroxylation is 2. The van der Waals surface area contributed by atoms with Crippen molar-refractivity contribution in [2.24, 2.45) is 0 Å². The van der Waals surface area contributed by atoms with Crippen LogP contribution < -0.4 is 0 Å². The first kappa shape index (κ1) is 24.4. The number of benzene rings is 2. The van der Waals surface area contributed by atoms with E-state index < -0.39 is 9.04 Å². The lowest BCUT2D eigenvalue weighted by molar-refractivity contribution is 0.213.